The average molecular weight is 512 g/mol. The van der Waals surface area contributed by atoms with Crippen molar-refractivity contribution in [2.75, 3.05) is 32.8 Å². The fraction of sp³-hybridized carbons (Fsp3) is 0.593. The molecule has 0 aliphatic carbocycles. The molecular weight excluding hydrogens is 474 g/mol. The molecule has 0 radical (unpaired) electrons. The lowest BCUT2D eigenvalue weighted by atomic mass is 9.73. The van der Waals surface area contributed by atoms with Gasteiger partial charge in [0.05, 0.1) is 22.9 Å². The van der Waals surface area contributed by atoms with Gasteiger partial charge in [-0.2, -0.15) is 0 Å². The number of nitrogens with zero attached hydrogens (tertiary/aromatic N) is 2. The van der Waals surface area contributed by atoms with Crippen LogP contribution in [0.25, 0.3) is 10.9 Å². The number of aromatic nitrogens is 2. The predicted molar refractivity (Wildman–Crippen MR) is 139 cm³/mol. The highest BCUT2D eigenvalue weighted by Gasteiger charge is 2.42. The van der Waals surface area contributed by atoms with Gasteiger partial charge in [0.25, 0.3) is 5.56 Å². The van der Waals surface area contributed by atoms with Crippen LogP contribution in [0.4, 0.5) is 0 Å². The SMILES string of the molecule is C[C@@H]1NC(=O)C2(CCCCOCCNC1=O)CCN(C(=O)CCCc1nc3ccccc3c(=O)[nH]1)CC2. The average Bonchev–Trinajstić information content (AvgIpc) is 2.90. The number of nitrogens with one attached hydrogen (secondary N) is 3. The van der Waals surface area contributed by atoms with E-state index in [1.54, 1.807) is 19.1 Å². The second-order valence-electron chi connectivity index (χ2n) is 10.1. The highest BCUT2D eigenvalue weighted by molar-refractivity contribution is 5.90. The third-order valence-electron chi connectivity index (χ3n) is 7.50. The first-order valence-electron chi connectivity index (χ1n) is 13.3. The van der Waals surface area contributed by atoms with Crippen LogP contribution in [0, 0.1) is 5.41 Å². The van der Waals surface area contributed by atoms with Gasteiger partial charge in [0.2, 0.25) is 17.7 Å². The first kappa shape index (κ1) is 26.8. The van der Waals surface area contributed by atoms with Gasteiger partial charge in [-0.05, 0) is 51.2 Å². The zero-order valence-electron chi connectivity index (χ0n) is 21.5. The Bertz CT molecular complexity index is 1170. The van der Waals surface area contributed by atoms with Crippen molar-refractivity contribution in [1.82, 2.24) is 25.5 Å². The van der Waals surface area contributed by atoms with Crippen LogP contribution >= 0.6 is 0 Å². The van der Waals surface area contributed by atoms with Gasteiger partial charge >= 0.3 is 0 Å². The van der Waals surface area contributed by atoms with Gasteiger partial charge in [0.1, 0.15) is 11.9 Å². The summed E-state index contributed by atoms with van der Waals surface area (Å²) in [6, 6.07) is 6.57. The van der Waals surface area contributed by atoms with Crippen molar-refractivity contribution in [3.63, 3.8) is 0 Å². The number of aromatic amines is 1. The number of carbonyl (C=O) groups is 3. The summed E-state index contributed by atoms with van der Waals surface area (Å²) < 4.78 is 5.58. The van der Waals surface area contributed by atoms with E-state index in [2.05, 4.69) is 20.6 Å². The number of benzene rings is 1. The molecule has 1 aromatic carbocycles. The van der Waals surface area contributed by atoms with Crippen LogP contribution in [0.1, 0.15) is 57.7 Å². The van der Waals surface area contributed by atoms with Crippen molar-refractivity contribution >= 4 is 28.6 Å². The molecule has 1 atom stereocenters. The number of rotatable bonds is 4. The first-order chi connectivity index (χ1) is 17.9. The van der Waals surface area contributed by atoms with Crippen LogP contribution in [-0.4, -0.2) is 71.5 Å². The minimum absolute atomic E-state index is 0.0455. The van der Waals surface area contributed by atoms with E-state index in [4.69, 9.17) is 4.74 Å². The molecule has 3 N–H and O–H groups in total. The van der Waals surface area contributed by atoms with Crippen molar-refractivity contribution in [2.45, 2.75) is 64.3 Å². The molecule has 2 aromatic rings. The molecule has 200 valence electrons. The topological polar surface area (TPSA) is 133 Å². The Morgan fingerprint density at radius 2 is 1.89 bits per heavy atom. The Balaban J connectivity index is 1.32. The molecule has 1 spiro atoms. The number of amides is 3. The van der Waals surface area contributed by atoms with Crippen LogP contribution < -0.4 is 16.2 Å². The number of ether oxygens (including phenoxy) is 1. The Labute approximate surface area is 216 Å². The number of aryl methyl sites for hydroxylation is 1. The van der Waals surface area contributed by atoms with E-state index >= 15 is 0 Å². The molecule has 4 rings (SSSR count). The van der Waals surface area contributed by atoms with E-state index in [1.165, 1.54) is 0 Å². The summed E-state index contributed by atoms with van der Waals surface area (Å²) in [7, 11) is 0. The molecule has 1 aromatic heterocycles. The molecule has 2 aliphatic heterocycles. The summed E-state index contributed by atoms with van der Waals surface area (Å²) in [4.78, 5) is 60.0. The van der Waals surface area contributed by atoms with E-state index < -0.39 is 11.5 Å². The zero-order valence-corrected chi connectivity index (χ0v) is 21.5. The molecular formula is C27H37N5O5. The van der Waals surface area contributed by atoms with E-state index in [9.17, 15) is 19.2 Å². The van der Waals surface area contributed by atoms with Gasteiger partial charge in [-0.15, -0.1) is 0 Å². The highest BCUT2D eigenvalue weighted by atomic mass is 16.5. The number of hydrogen-bond acceptors (Lipinski definition) is 6. The maximum atomic E-state index is 13.3. The van der Waals surface area contributed by atoms with Crippen LogP contribution in [0.2, 0.25) is 0 Å². The minimum Gasteiger partial charge on any atom is -0.380 e. The van der Waals surface area contributed by atoms with Gasteiger partial charge in [-0.1, -0.05) is 18.6 Å². The standard InChI is InChI=1S/C27H37N5O5/c1-19-24(34)28-14-18-37-17-5-4-11-27(26(36)29-19)12-15-32(16-13-27)23(33)10-6-9-22-30-21-8-3-2-7-20(21)25(35)31-22/h2-3,7-8,19H,4-6,9-18H2,1H3,(H,28,34)(H,29,36)(H,30,31,35)/t19-/m0/s1. The smallest absolute Gasteiger partial charge is 0.258 e. The Morgan fingerprint density at radius 1 is 1.11 bits per heavy atom. The Morgan fingerprint density at radius 3 is 2.70 bits per heavy atom. The van der Waals surface area contributed by atoms with Crippen molar-refractivity contribution in [3.05, 3.63) is 40.4 Å². The lowest BCUT2D eigenvalue weighted by molar-refractivity contribution is -0.142. The van der Waals surface area contributed by atoms with Crippen molar-refractivity contribution in [1.29, 1.82) is 0 Å². The minimum atomic E-state index is -0.625. The van der Waals surface area contributed by atoms with Crippen molar-refractivity contribution in [3.8, 4) is 0 Å². The first-order valence-corrected chi connectivity index (χ1v) is 13.3. The summed E-state index contributed by atoms with van der Waals surface area (Å²) >= 11 is 0. The Kier molecular flexibility index (Phi) is 8.91. The second-order valence-corrected chi connectivity index (χ2v) is 10.1. The molecule has 0 unspecified atom stereocenters. The van der Waals surface area contributed by atoms with E-state index in [1.807, 2.05) is 17.0 Å². The summed E-state index contributed by atoms with van der Waals surface area (Å²) in [5.74, 6) is 0.302. The fourth-order valence-corrected chi connectivity index (χ4v) is 5.18. The third-order valence-corrected chi connectivity index (χ3v) is 7.50. The monoisotopic (exact) mass is 511 g/mol. The number of fused-ring (bicyclic) bond motifs is 1. The number of likely N-dealkylation sites (tertiary alicyclic amines) is 1. The van der Waals surface area contributed by atoms with E-state index in [-0.39, 0.29) is 23.3 Å². The molecule has 3 amide bonds. The number of H-pyrrole nitrogens is 1. The molecule has 2 saturated heterocycles. The van der Waals surface area contributed by atoms with Crippen LogP contribution in [0.5, 0.6) is 0 Å². The largest absolute Gasteiger partial charge is 0.380 e. The maximum Gasteiger partial charge on any atom is 0.258 e. The normalized spacial score (nSPS) is 21.4. The summed E-state index contributed by atoms with van der Waals surface area (Å²) in [5.41, 5.74) is -0.107. The molecule has 2 fully saturated rings. The number of para-hydroxylation sites is 1. The second kappa shape index (κ2) is 12.3. The molecule has 2 aliphatic rings. The molecule has 10 nitrogen and oxygen atoms in total. The van der Waals surface area contributed by atoms with Crippen LogP contribution in [-0.2, 0) is 25.5 Å². The number of carbonyl (C=O) groups excluding carboxylic acids is 3. The molecule has 0 saturated carbocycles. The highest BCUT2D eigenvalue weighted by Crippen LogP contribution is 2.37. The summed E-state index contributed by atoms with van der Waals surface area (Å²) in [6.07, 6.45) is 4.99. The van der Waals surface area contributed by atoms with Crippen molar-refractivity contribution < 1.29 is 19.1 Å². The third kappa shape index (κ3) is 6.74. The van der Waals surface area contributed by atoms with Gasteiger partial charge in [0.15, 0.2) is 0 Å². The van der Waals surface area contributed by atoms with Gasteiger partial charge in [-0.3, -0.25) is 19.2 Å². The summed E-state index contributed by atoms with van der Waals surface area (Å²) in [5, 5.41) is 6.26. The molecule has 37 heavy (non-hydrogen) atoms. The summed E-state index contributed by atoms with van der Waals surface area (Å²) in [6.45, 7) is 4.20. The number of hydrogen-bond donors (Lipinski definition) is 3. The molecule has 0 bridgehead atoms. The van der Waals surface area contributed by atoms with Gasteiger partial charge in [-0.25, -0.2) is 4.98 Å². The number of piperidine rings is 1. The van der Waals surface area contributed by atoms with Crippen LogP contribution in [0.3, 0.4) is 0 Å². The Hall–Kier alpha value is -3.27. The molecule has 3 heterocycles. The van der Waals surface area contributed by atoms with Crippen LogP contribution in [0.15, 0.2) is 29.1 Å². The quantitative estimate of drug-likeness (QED) is 0.572. The predicted octanol–water partition coefficient (Wildman–Crippen LogP) is 1.68. The van der Waals surface area contributed by atoms with Crippen molar-refractivity contribution in [2.24, 2.45) is 5.41 Å². The maximum absolute atomic E-state index is 13.3. The lowest BCUT2D eigenvalue weighted by Gasteiger charge is -2.41. The zero-order chi connectivity index (χ0) is 26.3. The van der Waals surface area contributed by atoms with Gasteiger partial charge in [0, 0.05) is 39.1 Å². The lowest BCUT2D eigenvalue weighted by Crippen LogP contribution is -2.54. The van der Waals surface area contributed by atoms with E-state index in [0.717, 1.165) is 12.8 Å². The fourth-order valence-electron chi connectivity index (χ4n) is 5.18. The molecule has 10 heteroatoms. The van der Waals surface area contributed by atoms with Gasteiger partial charge < -0.3 is 25.3 Å². The van der Waals surface area contributed by atoms with E-state index in [0.29, 0.717) is 88.1 Å².